The van der Waals surface area contributed by atoms with Gasteiger partial charge in [-0.25, -0.2) is 9.97 Å². The molecule has 4 atom stereocenters. The number of benzene rings is 1. The van der Waals surface area contributed by atoms with E-state index in [2.05, 4.69) is 25.3 Å². The Kier molecular flexibility index (Phi) is 10.4. The second-order valence-electron chi connectivity index (χ2n) is 11.3. The number of methoxy groups -OCH3 is 1. The minimum absolute atomic E-state index is 0.0428. The topological polar surface area (TPSA) is 107 Å². The molecule has 4 heterocycles. The van der Waals surface area contributed by atoms with Crippen molar-refractivity contribution in [3.63, 3.8) is 0 Å². The van der Waals surface area contributed by atoms with Gasteiger partial charge in [0.25, 0.3) is 5.91 Å². The van der Waals surface area contributed by atoms with E-state index in [4.69, 9.17) is 14.2 Å². The fourth-order valence-corrected chi connectivity index (χ4v) is 6.07. The molecule has 0 bridgehead atoms. The highest BCUT2D eigenvalue weighted by molar-refractivity contribution is 5.94. The first kappa shape index (κ1) is 31.4. The number of nitrogens with one attached hydrogen (secondary N) is 2. The van der Waals surface area contributed by atoms with Crippen LogP contribution in [-0.2, 0) is 14.2 Å². The molecule has 3 aliphatic heterocycles. The molecule has 43 heavy (non-hydrogen) atoms. The molecule has 3 fully saturated rings. The summed E-state index contributed by atoms with van der Waals surface area (Å²) in [6, 6.07) is 6.39. The highest BCUT2D eigenvalue weighted by Gasteiger charge is 2.33. The third kappa shape index (κ3) is 8.34. The summed E-state index contributed by atoms with van der Waals surface area (Å²) in [7, 11) is 1.71. The molecule has 5 rings (SSSR count). The maximum absolute atomic E-state index is 13.4. The smallest absolute Gasteiger partial charge is 0.406 e. The molecule has 3 aliphatic rings. The summed E-state index contributed by atoms with van der Waals surface area (Å²) in [5.74, 6) is 0.222. The molecular formula is C30H40F3N5O5. The van der Waals surface area contributed by atoms with Gasteiger partial charge >= 0.3 is 6.36 Å². The molecule has 1 unspecified atom stereocenters. The van der Waals surface area contributed by atoms with Gasteiger partial charge in [-0.1, -0.05) is 12.1 Å². The summed E-state index contributed by atoms with van der Waals surface area (Å²) in [5.41, 5.74) is 1.87. The number of carbonyl (C=O) groups is 1. The molecule has 2 aromatic rings. The molecule has 13 heteroatoms. The van der Waals surface area contributed by atoms with Gasteiger partial charge in [0.05, 0.1) is 24.9 Å². The van der Waals surface area contributed by atoms with Crippen molar-refractivity contribution in [1.29, 1.82) is 0 Å². The number of hydrogen-bond donors (Lipinski definition) is 2. The summed E-state index contributed by atoms with van der Waals surface area (Å²) < 4.78 is 58.8. The third-order valence-electron chi connectivity index (χ3n) is 8.46. The number of ether oxygens (including phenoxy) is 4. The van der Waals surface area contributed by atoms with E-state index < -0.39 is 6.36 Å². The van der Waals surface area contributed by atoms with Gasteiger partial charge in [-0.15, -0.1) is 13.2 Å². The van der Waals surface area contributed by atoms with Gasteiger partial charge in [-0.2, -0.15) is 0 Å². The standard InChI is InChI=1S/C30H40F3N5O5/c1-19-27(29(39)38-13-10-21(11-14-38)37-24-12-15-41-17-26(24)40-2)35-18-36-28(19)34-16-23-4-3-5-25(42-23)20-6-8-22(9-7-20)43-30(31,32)33/h6-9,18,21,23-26,37H,3-5,10-17H2,1-2H3,(H,34,35,36)/t23-,24-,25+,26?/m0/s1. The van der Waals surface area contributed by atoms with Crippen LogP contribution in [0.1, 0.15) is 66.2 Å². The predicted octanol–water partition coefficient (Wildman–Crippen LogP) is 4.40. The van der Waals surface area contributed by atoms with E-state index in [1.807, 2.05) is 11.8 Å². The molecule has 0 saturated carbocycles. The Balaban J connectivity index is 1.12. The maximum Gasteiger partial charge on any atom is 0.573 e. The minimum atomic E-state index is -4.73. The molecule has 1 aromatic carbocycles. The molecule has 10 nitrogen and oxygen atoms in total. The number of hydrogen-bond acceptors (Lipinski definition) is 9. The normalized spacial score (nSPS) is 25.4. The van der Waals surface area contributed by atoms with E-state index in [9.17, 15) is 18.0 Å². The quantitative estimate of drug-likeness (QED) is 0.429. The van der Waals surface area contributed by atoms with E-state index in [0.717, 1.165) is 50.7 Å². The zero-order chi connectivity index (χ0) is 30.4. The molecule has 0 radical (unpaired) electrons. The Hall–Kier alpha value is -3.00. The van der Waals surface area contributed by atoms with Crippen molar-refractivity contribution in [1.82, 2.24) is 20.2 Å². The summed E-state index contributed by atoms with van der Waals surface area (Å²) in [6.07, 6.45) is 1.50. The molecule has 0 spiro atoms. The van der Waals surface area contributed by atoms with Crippen molar-refractivity contribution in [2.24, 2.45) is 0 Å². The fraction of sp³-hybridized carbons (Fsp3) is 0.633. The lowest BCUT2D eigenvalue weighted by atomic mass is 9.98. The second-order valence-corrected chi connectivity index (χ2v) is 11.3. The van der Waals surface area contributed by atoms with Crippen molar-refractivity contribution in [2.45, 2.75) is 82.2 Å². The van der Waals surface area contributed by atoms with Crippen LogP contribution in [0.25, 0.3) is 0 Å². The van der Waals surface area contributed by atoms with Crippen LogP contribution in [0.2, 0.25) is 0 Å². The van der Waals surface area contributed by atoms with E-state index in [1.54, 1.807) is 19.2 Å². The largest absolute Gasteiger partial charge is 0.573 e. The molecular weight excluding hydrogens is 567 g/mol. The Morgan fingerprint density at radius 1 is 1.09 bits per heavy atom. The number of alkyl halides is 3. The number of rotatable bonds is 9. The monoisotopic (exact) mass is 607 g/mol. The highest BCUT2D eigenvalue weighted by Crippen LogP contribution is 2.33. The van der Waals surface area contributed by atoms with Crippen molar-refractivity contribution in [3.05, 3.63) is 47.4 Å². The summed E-state index contributed by atoms with van der Waals surface area (Å²) in [6.45, 7) is 4.93. The van der Waals surface area contributed by atoms with Crippen LogP contribution >= 0.6 is 0 Å². The molecule has 236 valence electrons. The van der Waals surface area contributed by atoms with Crippen LogP contribution < -0.4 is 15.4 Å². The zero-order valence-electron chi connectivity index (χ0n) is 24.6. The number of piperidine rings is 1. The lowest BCUT2D eigenvalue weighted by molar-refractivity contribution is -0.274. The maximum atomic E-state index is 13.4. The Morgan fingerprint density at radius 3 is 2.58 bits per heavy atom. The van der Waals surface area contributed by atoms with E-state index in [0.29, 0.717) is 49.4 Å². The first-order valence-corrected chi connectivity index (χ1v) is 14.9. The summed E-state index contributed by atoms with van der Waals surface area (Å²) in [5, 5.41) is 7.04. The van der Waals surface area contributed by atoms with Crippen LogP contribution in [-0.4, -0.2) is 91.4 Å². The second kappa shape index (κ2) is 14.2. The molecule has 0 aliphatic carbocycles. The Morgan fingerprint density at radius 2 is 1.86 bits per heavy atom. The van der Waals surface area contributed by atoms with Crippen LogP contribution in [0.4, 0.5) is 19.0 Å². The lowest BCUT2D eigenvalue weighted by Crippen LogP contribution is -2.54. The number of aromatic nitrogens is 2. The number of carbonyl (C=O) groups excluding carboxylic acids is 1. The number of likely N-dealkylation sites (tertiary alicyclic amines) is 1. The number of nitrogens with zero attached hydrogens (tertiary/aromatic N) is 3. The van der Waals surface area contributed by atoms with Crippen molar-refractivity contribution < 1.29 is 36.9 Å². The SMILES string of the molecule is COC1COCC[C@@H]1NC1CCN(C(=O)c2ncnc(NC[C@@H]3CCC[C@H](c4ccc(OC(F)(F)F)cc4)O3)c2C)CC1. The van der Waals surface area contributed by atoms with E-state index in [-0.39, 0.29) is 36.0 Å². The van der Waals surface area contributed by atoms with Crippen LogP contribution in [0.15, 0.2) is 30.6 Å². The Bertz CT molecular complexity index is 1210. The highest BCUT2D eigenvalue weighted by atomic mass is 19.4. The van der Waals surface area contributed by atoms with Crippen molar-refractivity contribution in [3.8, 4) is 5.75 Å². The van der Waals surface area contributed by atoms with Gasteiger partial charge in [-0.05, 0) is 63.1 Å². The molecule has 3 saturated heterocycles. The van der Waals surface area contributed by atoms with E-state index in [1.165, 1.54) is 18.5 Å². The fourth-order valence-electron chi connectivity index (χ4n) is 6.07. The van der Waals surface area contributed by atoms with E-state index >= 15 is 0 Å². The molecule has 1 aromatic heterocycles. The minimum Gasteiger partial charge on any atom is -0.406 e. The van der Waals surface area contributed by atoms with Gasteiger partial charge in [0.2, 0.25) is 0 Å². The summed E-state index contributed by atoms with van der Waals surface area (Å²) >= 11 is 0. The van der Waals surface area contributed by atoms with Gasteiger partial charge < -0.3 is 34.5 Å². The lowest BCUT2D eigenvalue weighted by Gasteiger charge is -2.38. The van der Waals surface area contributed by atoms with Gasteiger partial charge in [0.15, 0.2) is 0 Å². The van der Waals surface area contributed by atoms with Crippen molar-refractivity contribution in [2.75, 3.05) is 45.3 Å². The third-order valence-corrected chi connectivity index (χ3v) is 8.46. The van der Waals surface area contributed by atoms with Gasteiger partial charge in [0.1, 0.15) is 23.6 Å². The summed E-state index contributed by atoms with van der Waals surface area (Å²) in [4.78, 5) is 24.0. The average molecular weight is 608 g/mol. The first-order valence-electron chi connectivity index (χ1n) is 14.9. The number of halogens is 3. The number of amides is 1. The van der Waals surface area contributed by atoms with Gasteiger partial charge in [-0.3, -0.25) is 4.79 Å². The number of anilines is 1. The average Bonchev–Trinajstić information content (AvgIpc) is 3.01. The van der Waals surface area contributed by atoms with Crippen molar-refractivity contribution >= 4 is 11.7 Å². The van der Waals surface area contributed by atoms with Crippen LogP contribution in [0.5, 0.6) is 5.75 Å². The predicted molar refractivity (Wildman–Crippen MR) is 152 cm³/mol. The zero-order valence-corrected chi connectivity index (χ0v) is 24.6. The molecule has 2 N–H and O–H groups in total. The van der Waals surface area contributed by atoms with Crippen LogP contribution in [0, 0.1) is 6.92 Å². The Labute approximate surface area is 249 Å². The van der Waals surface area contributed by atoms with Crippen LogP contribution in [0.3, 0.4) is 0 Å². The first-order chi connectivity index (χ1) is 20.7. The molecule has 1 amide bonds. The van der Waals surface area contributed by atoms with Gasteiger partial charge in [0, 0.05) is 51.0 Å².